The number of hydrogen-bond acceptors (Lipinski definition) is 3. The summed E-state index contributed by atoms with van der Waals surface area (Å²) in [7, 11) is 0. The molecule has 0 aromatic heterocycles. The van der Waals surface area contributed by atoms with Crippen LogP contribution in [0.5, 0.6) is 0 Å². The van der Waals surface area contributed by atoms with Crippen LogP contribution in [0.1, 0.15) is 26.7 Å². The molecule has 1 fully saturated rings. The van der Waals surface area contributed by atoms with E-state index in [0.29, 0.717) is 0 Å². The molecular weight excluding hydrogens is 321 g/mol. The number of nitrogens with two attached hydrogens (primary N) is 1. The standard InChI is InChI=1S/C16H25N3O.2ClH/c1-12(13(2)17)16(20)18-14-8-10-19(11-9-14)15-6-4-3-5-7-15;;/h3-7,12-14H,8-11,17H2,1-2H3,(H,18,20);2*1H. The lowest BCUT2D eigenvalue weighted by Crippen LogP contribution is -2.48. The molecule has 0 aliphatic carbocycles. The monoisotopic (exact) mass is 347 g/mol. The first-order valence-electron chi connectivity index (χ1n) is 7.44. The van der Waals surface area contributed by atoms with E-state index in [1.165, 1.54) is 5.69 Å². The molecule has 1 saturated heterocycles. The number of benzene rings is 1. The summed E-state index contributed by atoms with van der Waals surface area (Å²) >= 11 is 0. The molecule has 0 bridgehead atoms. The van der Waals surface area contributed by atoms with Gasteiger partial charge in [0.05, 0.1) is 0 Å². The molecule has 1 aliphatic heterocycles. The van der Waals surface area contributed by atoms with Gasteiger partial charge in [0.1, 0.15) is 0 Å². The minimum absolute atomic E-state index is 0. The minimum Gasteiger partial charge on any atom is -0.371 e. The maximum absolute atomic E-state index is 12.0. The van der Waals surface area contributed by atoms with Crippen molar-refractivity contribution in [2.75, 3.05) is 18.0 Å². The third-order valence-corrected chi connectivity index (χ3v) is 4.16. The van der Waals surface area contributed by atoms with Crippen molar-refractivity contribution >= 4 is 36.4 Å². The molecule has 6 heteroatoms. The van der Waals surface area contributed by atoms with Gasteiger partial charge in [-0.05, 0) is 31.9 Å². The maximum atomic E-state index is 12.0. The van der Waals surface area contributed by atoms with Crippen LogP contribution in [0.15, 0.2) is 30.3 Å². The van der Waals surface area contributed by atoms with E-state index >= 15 is 0 Å². The topological polar surface area (TPSA) is 58.4 Å². The van der Waals surface area contributed by atoms with Gasteiger partial charge in [0.25, 0.3) is 0 Å². The van der Waals surface area contributed by atoms with Gasteiger partial charge in [-0.2, -0.15) is 0 Å². The highest BCUT2D eigenvalue weighted by Crippen LogP contribution is 2.19. The molecule has 0 radical (unpaired) electrons. The fourth-order valence-corrected chi connectivity index (χ4v) is 2.49. The molecule has 0 saturated carbocycles. The maximum Gasteiger partial charge on any atom is 0.224 e. The van der Waals surface area contributed by atoms with Crippen LogP contribution in [0, 0.1) is 5.92 Å². The zero-order valence-corrected chi connectivity index (χ0v) is 14.8. The SMILES string of the molecule is CC(N)C(C)C(=O)NC1CCN(c2ccccc2)CC1.Cl.Cl. The Kier molecular flexibility index (Phi) is 9.49. The Morgan fingerprint density at radius 1 is 1.18 bits per heavy atom. The van der Waals surface area contributed by atoms with Crippen LogP contribution in [-0.2, 0) is 4.79 Å². The second kappa shape index (κ2) is 9.93. The molecule has 1 aromatic carbocycles. The molecule has 0 spiro atoms. The summed E-state index contributed by atoms with van der Waals surface area (Å²) in [6.07, 6.45) is 1.98. The molecule has 2 atom stereocenters. The van der Waals surface area contributed by atoms with Crippen LogP contribution < -0.4 is 16.0 Å². The normalized spacial score (nSPS) is 17.7. The fourth-order valence-electron chi connectivity index (χ4n) is 2.49. The number of para-hydroxylation sites is 1. The highest BCUT2D eigenvalue weighted by Gasteiger charge is 2.24. The van der Waals surface area contributed by atoms with Gasteiger partial charge in [-0.15, -0.1) is 24.8 Å². The van der Waals surface area contributed by atoms with Crippen molar-refractivity contribution in [3.63, 3.8) is 0 Å². The summed E-state index contributed by atoms with van der Waals surface area (Å²) in [5.74, 6) is -0.0414. The molecule has 1 amide bonds. The van der Waals surface area contributed by atoms with Crippen molar-refractivity contribution in [1.82, 2.24) is 5.32 Å². The number of halogens is 2. The van der Waals surface area contributed by atoms with Gasteiger partial charge >= 0.3 is 0 Å². The highest BCUT2D eigenvalue weighted by molar-refractivity contribution is 5.85. The Hall–Kier alpha value is -0.970. The predicted molar refractivity (Wildman–Crippen MR) is 97.1 cm³/mol. The summed E-state index contributed by atoms with van der Waals surface area (Å²) in [4.78, 5) is 14.4. The second-order valence-electron chi connectivity index (χ2n) is 5.75. The van der Waals surface area contributed by atoms with Gasteiger partial charge < -0.3 is 16.0 Å². The van der Waals surface area contributed by atoms with E-state index in [-0.39, 0.29) is 48.7 Å². The highest BCUT2D eigenvalue weighted by atomic mass is 35.5. The molecule has 1 aliphatic rings. The van der Waals surface area contributed by atoms with E-state index in [0.717, 1.165) is 25.9 Å². The molecular formula is C16H27Cl2N3O. The van der Waals surface area contributed by atoms with Gasteiger partial charge in [0.2, 0.25) is 5.91 Å². The molecule has 126 valence electrons. The first-order valence-corrected chi connectivity index (χ1v) is 7.44. The van der Waals surface area contributed by atoms with Crippen molar-refractivity contribution < 1.29 is 4.79 Å². The number of carbonyl (C=O) groups is 1. The van der Waals surface area contributed by atoms with Crippen LogP contribution in [0.4, 0.5) is 5.69 Å². The number of nitrogens with zero attached hydrogens (tertiary/aromatic N) is 1. The Labute approximate surface area is 145 Å². The lowest BCUT2D eigenvalue weighted by atomic mass is 10.00. The average Bonchev–Trinajstić information content (AvgIpc) is 2.48. The first-order chi connectivity index (χ1) is 9.58. The predicted octanol–water partition coefficient (Wildman–Crippen LogP) is 2.60. The van der Waals surface area contributed by atoms with Crippen LogP contribution in [-0.4, -0.2) is 31.1 Å². The van der Waals surface area contributed by atoms with Crippen LogP contribution in [0.3, 0.4) is 0 Å². The summed E-state index contributed by atoms with van der Waals surface area (Å²) in [5, 5.41) is 3.13. The lowest BCUT2D eigenvalue weighted by molar-refractivity contribution is -0.125. The molecule has 1 aromatic rings. The van der Waals surface area contributed by atoms with Gasteiger partial charge in [0.15, 0.2) is 0 Å². The van der Waals surface area contributed by atoms with Crippen LogP contribution in [0.25, 0.3) is 0 Å². The number of piperidine rings is 1. The average molecular weight is 348 g/mol. The van der Waals surface area contributed by atoms with Crippen LogP contribution in [0.2, 0.25) is 0 Å². The van der Waals surface area contributed by atoms with Crippen molar-refractivity contribution in [3.05, 3.63) is 30.3 Å². The molecule has 2 unspecified atom stereocenters. The molecule has 4 nitrogen and oxygen atoms in total. The smallest absolute Gasteiger partial charge is 0.224 e. The van der Waals surface area contributed by atoms with E-state index in [1.54, 1.807) is 0 Å². The van der Waals surface area contributed by atoms with E-state index in [9.17, 15) is 4.79 Å². The number of anilines is 1. The largest absolute Gasteiger partial charge is 0.371 e. The zero-order chi connectivity index (χ0) is 14.5. The van der Waals surface area contributed by atoms with E-state index in [2.05, 4.69) is 34.5 Å². The van der Waals surface area contributed by atoms with Crippen molar-refractivity contribution in [3.8, 4) is 0 Å². The third-order valence-electron chi connectivity index (χ3n) is 4.16. The number of nitrogens with one attached hydrogen (secondary N) is 1. The Morgan fingerprint density at radius 3 is 2.23 bits per heavy atom. The number of hydrogen-bond donors (Lipinski definition) is 2. The lowest BCUT2D eigenvalue weighted by Gasteiger charge is -2.34. The zero-order valence-electron chi connectivity index (χ0n) is 13.2. The molecule has 1 heterocycles. The van der Waals surface area contributed by atoms with Gasteiger partial charge in [-0.3, -0.25) is 4.79 Å². The Morgan fingerprint density at radius 2 is 1.73 bits per heavy atom. The summed E-state index contributed by atoms with van der Waals surface area (Å²) < 4.78 is 0. The molecule has 22 heavy (non-hydrogen) atoms. The first kappa shape index (κ1) is 21.0. The Bertz CT molecular complexity index is 434. The summed E-state index contributed by atoms with van der Waals surface area (Å²) in [6.45, 7) is 5.74. The summed E-state index contributed by atoms with van der Waals surface area (Å²) in [6, 6.07) is 10.6. The van der Waals surface area contributed by atoms with E-state index in [4.69, 9.17) is 5.73 Å². The number of rotatable bonds is 4. The second-order valence-corrected chi connectivity index (χ2v) is 5.75. The van der Waals surface area contributed by atoms with E-state index in [1.807, 2.05) is 19.9 Å². The quantitative estimate of drug-likeness (QED) is 0.879. The third kappa shape index (κ3) is 5.67. The molecule has 3 N–H and O–H groups in total. The van der Waals surface area contributed by atoms with Gasteiger partial charge in [-0.1, -0.05) is 25.1 Å². The fraction of sp³-hybridized carbons (Fsp3) is 0.562. The van der Waals surface area contributed by atoms with Gasteiger partial charge in [0, 0.05) is 36.8 Å². The van der Waals surface area contributed by atoms with Crippen molar-refractivity contribution in [2.24, 2.45) is 11.7 Å². The number of amides is 1. The number of carbonyl (C=O) groups excluding carboxylic acids is 1. The van der Waals surface area contributed by atoms with Gasteiger partial charge in [-0.25, -0.2) is 0 Å². The molecule has 2 rings (SSSR count). The van der Waals surface area contributed by atoms with Crippen molar-refractivity contribution in [1.29, 1.82) is 0 Å². The van der Waals surface area contributed by atoms with E-state index < -0.39 is 0 Å². The minimum atomic E-state index is -0.123. The Balaban J connectivity index is 0.00000220. The van der Waals surface area contributed by atoms with Crippen molar-refractivity contribution in [2.45, 2.75) is 38.8 Å². The summed E-state index contributed by atoms with van der Waals surface area (Å²) in [5.41, 5.74) is 7.04. The van der Waals surface area contributed by atoms with Crippen LogP contribution >= 0.6 is 24.8 Å².